The summed E-state index contributed by atoms with van der Waals surface area (Å²) in [4.78, 5) is 4.71. The Hall–Kier alpha value is -2.80. The summed E-state index contributed by atoms with van der Waals surface area (Å²) in [6.45, 7) is 2.07. The molecule has 130 valence electrons. The number of ether oxygens (including phenoxy) is 1. The number of thioether (sulfide) groups is 1. The van der Waals surface area contributed by atoms with Crippen LogP contribution in [-0.4, -0.2) is 33.0 Å². The highest BCUT2D eigenvalue weighted by Gasteiger charge is 2.42. The zero-order valence-corrected chi connectivity index (χ0v) is 15.2. The minimum absolute atomic E-state index is 0.104. The van der Waals surface area contributed by atoms with E-state index in [1.165, 1.54) is 11.1 Å². The van der Waals surface area contributed by atoms with E-state index in [1.54, 1.807) is 18.9 Å². The fraction of sp³-hybridized carbons (Fsp3) is 0.211. The molecule has 26 heavy (non-hydrogen) atoms. The van der Waals surface area contributed by atoms with Crippen molar-refractivity contribution in [2.75, 3.05) is 7.11 Å². The molecule has 1 N–H and O–H groups in total. The third-order valence-corrected chi connectivity index (χ3v) is 5.90. The standard InChI is InChI=1S/C19H17N5OS/c1-11-3-5-13(6-4-11)17-20-19-24(23-17)18-16(26-19)15(21-22-18)12-7-9-14(25-2)10-8-12/h3-10,15-16,21H,1-2H3. The lowest BCUT2D eigenvalue weighted by Gasteiger charge is -2.16. The maximum Gasteiger partial charge on any atom is 0.193 e. The molecule has 0 aliphatic carbocycles. The highest BCUT2D eigenvalue weighted by atomic mass is 32.2. The molecule has 0 bridgehead atoms. The van der Waals surface area contributed by atoms with Crippen LogP contribution in [0.1, 0.15) is 17.2 Å². The van der Waals surface area contributed by atoms with Gasteiger partial charge in [0.2, 0.25) is 0 Å². The Morgan fingerprint density at radius 3 is 2.58 bits per heavy atom. The van der Waals surface area contributed by atoms with Crippen LogP contribution in [0.15, 0.2) is 58.8 Å². The van der Waals surface area contributed by atoms with Crippen molar-refractivity contribution in [1.82, 2.24) is 20.2 Å². The molecule has 1 aromatic heterocycles. The van der Waals surface area contributed by atoms with E-state index in [0.717, 1.165) is 28.1 Å². The number of hydrogen-bond acceptors (Lipinski definition) is 6. The van der Waals surface area contributed by atoms with Gasteiger partial charge in [0, 0.05) is 5.56 Å². The van der Waals surface area contributed by atoms with Gasteiger partial charge in [-0.3, -0.25) is 5.43 Å². The summed E-state index contributed by atoms with van der Waals surface area (Å²) in [5.41, 5.74) is 6.67. The quantitative estimate of drug-likeness (QED) is 0.774. The predicted molar refractivity (Wildman–Crippen MR) is 102 cm³/mol. The second kappa shape index (κ2) is 5.88. The monoisotopic (exact) mass is 363 g/mol. The van der Waals surface area contributed by atoms with Crippen LogP contribution in [-0.2, 0) is 0 Å². The minimum Gasteiger partial charge on any atom is -0.497 e. The molecule has 5 rings (SSSR count). The van der Waals surface area contributed by atoms with E-state index in [9.17, 15) is 0 Å². The van der Waals surface area contributed by atoms with Crippen molar-refractivity contribution in [1.29, 1.82) is 0 Å². The smallest absolute Gasteiger partial charge is 0.193 e. The summed E-state index contributed by atoms with van der Waals surface area (Å²) in [5, 5.41) is 10.3. The number of aromatic nitrogens is 3. The van der Waals surface area contributed by atoms with Crippen LogP contribution in [0, 0.1) is 6.92 Å². The van der Waals surface area contributed by atoms with Gasteiger partial charge in [-0.15, -0.1) is 5.10 Å². The lowest BCUT2D eigenvalue weighted by molar-refractivity contribution is 0.414. The molecule has 2 aliphatic rings. The molecule has 0 saturated heterocycles. The Kier molecular flexibility index (Phi) is 3.49. The van der Waals surface area contributed by atoms with Crippen molar-refractivity contribution in [3.8, 4) is 17.1 Å². The van der Waals surface area contributed by atoms with Gasteiger partial charge in [-0.1, -0.05) is 53.7 Å². The third kappa shape index (κ3) is 2.39. The van der Waals surface area contributed by atoms with Crippen molar-refractivity contribution >= 4 is 17.6 Å². The normalized spacial score (nSPS) is 20.3. The average molecular weight is 363 g/mol. The first kappa shape index (κ1) is 15.5. The van der Waals surface area contributed by atoms with Crippen molar-refractivity contribution in [3.05, 3.63) is 59.7 Å². The zero-order chi connectivity index (χ0) is 17.7. The molecule has 7 heteroatoms. The van der Waals surface area contributed by atoms with Gasteiger partial charge in [0.25, 0.3) is 0 Å². The van der Waals surface area contributed by atoms with Gasteiger partial charge in [-0.2, -0.15) is 9.78 Å². The summed E-state index contributed by atoms with van der Waals surface area (Å²) in [6.07, 6.45) is 0. The van der Waals surface area contributed by atoms with Crippen molar-refractivity contribution in [2.45, 2.75) is 23.4 Å². The lowest BCUT2D eigenvalue weighted by atomic mass is 10.0. The van der Waals surface area contributed by atoms with Gasteiger partial charge < -0.3 is 4.74 Å². The molecule has 2 unspecified atom stereocenters. The lowest BCUT2D eigenvalue weighted by Crippen LogP contribution is -2.23. The highest BCUT2D eigenvalue weighted by Crippen LogP contribution is 2.41. The summed E-state index contributed by atoms with van der Waals surface area (Å²) >= 11 is 1.70. The largest absolute Gasteiger partial charge is 0.497 e. The van der Waals surface area contributed by atoms with Crippen LogP contribution < -0.4 is 10.2 Å². The Labute approximate surface area is 155 Å². The summed E-state index contributed by atoms with van der Waals surface area (Å²) in [6, 6.07) is 16.4. The Morgan fingerprint density at radius 2 is 1.85 bits per heavy atom. The van der Waals surface area contributed by atoms with Gasteiger partial charge in [0.1, 0.15) is 11.0 Å². The van der Waals surface area contributed by atoms with E-state index in [1.807, 2.05) is 16.8 Å². The van der Waals surface area contributed by atoms with Crippen LogP contribution in [0.3, 0.4) is 0 Å². The molecule has 2 aromatic carbocycles. The van der Waals surface area contributed by atoms with Gasteiger partial charge in [-0.05, 0) is 24.6 Å². The van der Waals surface area contributed by atoms with Crippen LogP contribution in [0.25, 0.3) is 11.4 Å². The fourth-order valence-corrected chi connectivity index (χ4v) is 4.44. The Balaban J connectivity index is 1.42. The number of nitrogens with one attached hydrogen (secondary N) is 1. The first-order valence-corrected chi connectivity index (χ1v) is 9.29. The molecule has 3 heterocycles. The van der Waals surface area contributed by atoms with E-state index in [4.69, 9.17) is 9.72 Å². The first-order chi connectivity index (χ1) is 12.7. The predicted octanol–water partition coefficient (Wildman–Crippen LogP) is 3.24. The molecule has 0 radical (unpaired) electrons. The molecular weight excluding hydrogens is 346 g/mol. The maximum atomic E-state index is 5.24. The number of fused-ring (bicyclic) bond motifs is 3. The number of nitrogens with zero attached hydrogens (tertiary/aromatic N) is 4. The van der Waals surface area contributed by atoms with Gasteiger partial charge in [0.05, 0.1) is 13.2 Å². The number of benzene rings is 2. The number of methoxy groups -OCH3 is 1. The van der Waals surface area contributed by atoms with Crippen LogP contribution in [0.5, 0.6) is 5.75 Å². The van der Waals surface area contributed by atoms with Crippen molar-refractivity contribution < 1.29 is 4.74 Å². The van der Waals surface area contributed by atoms with E-state index >= 15 is 0 Å². The summed E-state index contributed by atoms with van der Waals surface area (Å²) < 4.78 is 7.10. The zero-order valence-electron chi connectivity index (χ0n) is 14.4. The molecule has 2 aliphatic heterocycles. The minimum atomic E-state index is 0.104. The summed E-state index contributed by atoms with van der Waals surface area (Å²) in [5.74, 6) is 2.50. The molecule has 6 nitrogen and oxygen atoms in total. The van der Waals surface area contributed by atoms with Gasteiger partial charge in [0.15, 0.2) is 16.8 Å². The SMILES string of the molecule is COc1ccc(C2NN=C3C2Sc2nc(-c4ccc(C)cc4)nn23)cc1. The molecule has 2 atom stereocenters. The molecule has 3 aromatic rings. The van der Waals surface area contributed by atoms with Crippen LogP contribution >= 0.6 is 11.8 Å². The fourth-order valence-electron chi connectivity index (χ4n) is 3.23. The second-order valence-corrected chi connectivity index (χ2v) is 7.49. The van der Waals surface area contributed by atoms with E-state index in [-0.39, 0.29) is 11.3 Å². The van der Waals surface area contributed by atoms with Crippen molar-refractivity contribution in [3.63, 3.8) is 0 Å². The van der Waals surface area contributed by atoms with Gasteiger partial charge >= 0.3 is 0 Å². The van der Waals surface area contributed by atoms with E-state index in [2.05, 4.69) is 58.9 Å². The summed E-state index contributed by atoms with van der Waals surface area (Å²) in [7, 11) is 1.67. The van der Waals surface area contributed by atoms with E-state index < -0.39 is 0 Å². The topological polar surface area (TPSA) is 64.3 Å². The highest BCUT2D eigenvalue weighted by molar-refractivity contribution is 8.01. The molecule has 0 amide bonds. The van der Waals surface area contributed by atoms with Crippen LogP contribution in [0.2, 0.25) is 0 Å². The van der Waals surface area contributed by atoms with Crippen LogP contribution in [0.4, 0.5) is 0 Å². The number of hydrazone groups is 1. The Morgan fingerprint density at radius 1 is 1.08 bits per heavy atom. The Bertz CT molecular complexity index is 994. The third-order valence-electron chi connectivity index (χ3n) is 4.69. The van der Waals surface area contributed by atoms with Gasteiger partial charge in [-0.25, -0.2) is 4.98 Å². The molecule has 0 fully saturated rings. The number of hydrogen-bond donors (Lipinski definition) is 1. The first-order valence-electron chi connectivity index (χ1n) is 8.41. The number of aryl methyl sites for hydroxylation is 1. The molecule has 0 spiro atoms. The average Bonchev–Trinajstić information content (AvgIpc) is 3.33. The number of rotatable bonds is 3. The van der Waals surface area contributed by atoms with E-state index in [0.29, 0.717) is 0 Å². The maximum absolute atomic E-state index is 5.24. The molecule has 0 saturated carbocycles. The van der Waals surface area contributed by atoms with Crippen molar-refractivity contribution in [2.24, 2.45) is 5.10 Å². The second-order valence-electron chi connectivity index (χ2n) is 6.38. The molecular formula is C19H17N5OS.